The molecule has 100 valence electrons. The second-order valence-electron chi connectivity index (χ2n) is 4.64. The summed E-state index contributed by atoms with van der Waals surface area (Å²) in [6.45, 7) is 2.02. The molecule has 1 aromatic heterocycles. The molecular weight excluding hydrogens is 304 g/mol. The molecule has 2 rings (SSSR count). The second-order valence-corrected chi connectivity index (χ2v) is 5.49. The van der Waals surface area contributed by atoms with E-state index in [1.165, 1.54) is 5.56 Å². The molecule has 0 aliphatic rings. The summed E-state index contributed by atoms with van der Waals surface area (Å²) in [5, 5.41) is 3.01. The molecule has 0 fully saturated rings. The third kappa shape index (κ3) is 4.24. The normalized spacial score (nSPS) is 12.1. The average Bonchev–Trinajstić information content (AvgIpc) is 2.84. The molecule has 0 radical (unpaired) electrons. The Bertz CT molecular complexity index is 537. The quantitative estimate of drug-likeness (QED) is 0.873. The number of aromatic nitrogens is 1. The zero-order valence-electron chi connectivity index (χ0n) is 10.8. The summed E-state index contributed by atoms with van der Waals surface area (Å²) >= 11 is 3.52. The highest BCUT2D eigenvalue weighted by atomic mass is 79.9. The van der Waals surface area contributed by atoms with Gasteiger partial charge in [0.2, 0.25) is 5.91 Å². The minimum atomic E-state index is 0.0435. The van der Waals surface area contributed by atoms with Gasteiger partial charge in [0.15, 0.2) is 0 Å². The van der Waals surface area contributed by atoms with Crippen LogP contribution in [0.5, 0.6) is 0 Å². The smallest absolute Gasteiger partial charge is 0.226 e. The molecule has 0 saturated heterocycles. The maximum absolute atomic E-state index is 11.9. The van der Waals surface area contributed by atoms with Crippen LogP contribution in [0.3, 0.4) is 0 Å². The molecule has 2 aromatic rings. The second kappa shape index (κ2) is 6.57. The molecule has 1 unspecified atom stereocenters. The van der Waals surface area contributed by atoms with Crippen molar-refractivity contribution in [2.24, 2.45) is 0 Å². The predicted octanol–water partition coefficient (Wildman–Crippen LogP) is 3.07. The van der Waals surface area contributed by atoms with Gasteiger partial charge in [-0.2, -0.15) is 0 Å². The number of hydrogen-bond donors (Lipinski definition) is 2. The van der Waals surface area contributed by atoms with Gasteiger partial charge in [0.25, 0.3) is 0 Å². The monoisotopic (exact) mass is 320 g/mol. The van der Waals surface area contributed by atoms with Gasteiger partial charge in [-0.3, -0.25) is 4.79 Å². The first-order valence-electron chi connectivity index (χ1n) is 6.30. The predicted molar refractivity (Wildman–Crippen MR) is 79.9 cm³/mol. The molecule has 19 heavy (non-hydrogen) atoms. The van der Waals surface area contributed by atoms with E-state index in [2.05, 4.69) is 32.3 Å². The molecule has 1 amide bonds. The van der Waals surface area contributed by atoms with Gasteiger partial charge in [-0.25, -0.2) is 0 Å². The molecule has 1 aromatic carbocycles. The number of benzene rings is 1. The van der Waals surface area contributed by atoms with Gasteiger partial charge in [0.05, 0.1) is 6.42 Å². The molecule has 0 aliphatic carbocycles. The van der Waals surface area contributed by atoms with Gasteiger partial charge in [-0.15, -0.1) is 0 Å². The topological polar surface area (TPSA) is 44.9 Å². The summed E-state index contributed by atoms with van der Waals surface area (Å²) in [5.41, 5.74) is 2.14. The van der Waals surface area contributed by atoms with Crippen LogP contribution in [0.1, 0.15) is 18.2 Å². The summed E-state index contributed by atoms with van der Waals surface area (Å²) in [6.07, 6.45) is 3.04. The van der Waals surface area contributed by atoms with E-state index in [0.717, 1.165) is 16.6 Å². The zero-order chi connectivity index (χ0) is 13.7. The van der Waals surface area contributed by atoms with E-state index < -0.39 is 0 Å². The Morgan fingerprint density at radius 3 is 2.79 bits per heavy atom. The molecule has 0 bridgehead atoms. The van der Waals surface area contributed by atoms with Crippen molar-refractivity contribution in [1.82, 2.24) is 10.3 Å². The van der Waals surface area contributed by atoms with Crippen LogP contribution in [0, 0.1) is 0 Å². The number of hydrogen-bond acceptors (Lipinski definition) is 1. The first kappa shape index (κ1) is 13.9. The summed E-state index contributed by atoms with van der Waals surface area (Å²) in [7, 11) is 0. The first-order valence-corrected chi connectivity index (χ1v) is 7.09. The van der Waals surface area contributed by atoms with Crippen molar-refractivity contribution < 1.29 is 4.79 Å². The molecule has 0 saturated carbocycles. The van der Waals surface area contributed by atoms with Crippen LogP contribution in [0.25, 0.3) is 0 Å². The van der Waals surface area contributed by atoms with E-state index in [-0.39, 0.29) is 11.9 Å². The van der Waals surface area contributed by atoms with Crippen molar-refractivity contribution in [3.63, 3.8) is 0 Å². The van der Waals surface area contributed by atoms with Crippen LogP contribution in [-0.2, 0) is 17.6 Å². The maximum Gasteiger partial charge on any atom is 0.226 e. The lowest BCUT2D eigenvalue weighted by Gasteiger charge is -2.14. The third-order valence-electron chi connectivity index (χ3n) is 2.90. The molecule has 2 N–H and O–H groups in total. The number of nitrogens with one attached hydrogen (secondary N) is 2. The largest absolute Gasteiger partial charge is 0.365 e. The van der Waals surface area contributed by atoms with E-state index >= 15 is 0 Å². The Hall–Kier alpha value is -1.55. The summed E-state index contributed by atoms with van der Waals surface area (Å²) in [5.74, 6) is 0.0435. The van der Waals surface area contributed by atoms with Crippen LogP contribution in [0.2, 0.25) is 0 Å². The van der Waals surface area contributed by atoms with Gasteiger partial charge in [-0.1, -0.05) is 34.1 Å². The summed E-state index contributed by atoms with van der Waals surface area (Å²) < 4.78 is 1.08. The van der Waals surface area contributed by atoms with Crippen molar-refractivity contribution in [3.05, 3.63) is 58.3 Å². The van der Waals surface area contributed by atoms with Crippen molar-refractivity contribution in [2.75, 3.05) is 0 Å². The Kier molecular flexibility index (Phi) is 4.80. The fraction of sp³-hybridized carbons (Fsp3) is 0.267. The zero-order valence-corrected chi connectivity index (χ0v) is 12.4. The van der Waals surface area contributed by atoms with Crippen LogP contribution >= 0.6 is 15.9 Å². The number of rotatable bonds is 5. The minimum Gasteiger partial charge on any atom is -0.365 e. The molecule has 1 atom stereocenters. The van der Waals surface area contributed by atoms with Crippen LogP contribution < -0.4 is 5.32 Å². The Balaban J connectivity index is 1.86. The number of carbonyl (C=O) groups is 1. The van der Waals surface area contributed by atoms with Crippen molar-refractivity contribution in [3.8, 4) is 0 Å². The standard InChI is InChI=1S/C15H17BrN2O/c1-11(9-12-5-2-3-7-14(12)16)18-15(19)10-13-6-4-8-17-13/h2-8,11,17H,9-10H2,1H3,(H,18,19). The summed E-state index contributed by atoms with van der Waals surface area (Å²) in [6, 6.07) is 12.0. The Morgan fingerprint density at radius 2 is 2.11 bits per heavy atom. The lowest BCUT2D eigenvalue weighted by Crippen LogP contribution is -2.35. The number of halogens is 1. The van der Waals surface area contributed by atoms with E-state index in [0.29, 0.717) is 6.42 Å². The molecule has 4 heteroatoms. The van der Waals surface area contributed by atoms with Gasteiger partial charge in [0, 0.05) is 22.4 Å². The number of H-pyrrole nitrogens is 1. The number of aromatic amines is 1. The molecule has 1 heterocycles. The molecule has 0 spiro atoms. The van der Waals surface area contributed by atoms with Gasteiger partial charge in [-0.05, 0) is 37.1 Å². The van der Waals surface area contributed by atoms with Crippen LogP contribution in [-0.4, -0.2) is 16.9 Å². The van der Waals surface area contributed by atoms with Crippen LogP contribution in [0.15, 0.2) is 47.1 Å². The third-order valence-corrected chi connectivity index (χ3v) is 3.68. The molecule has 0 aliphatic heterocycles. The summed E-state index contributed by atoms with van der Waals surface area (Å²) in [4.78, 5) is 14.9. The van der Waals surface area contributed by atoms with Crippen LogP contribution in [0.4, 0.5) is 0 Å². The van der Waals surface area contributed by atoms with Gasteiger partial charge >= 0.3 is 0 Å². The number of carbonyl (C=O) groups excluding carboxylic acids is 1. The lowest BCUT2D eigenvalue weighted by atomic mass is 10.1. The van der Waals surface area contributed by atoms with Gasteiger partial charge < -0.3 is 10.3 Å². The number of amides is 1. The SMILES string of the molecule is CC(Cc1ccccc1Br)NC(=O)Cc1ccc[nH]1. The molecular formula is C15H17BrN2O. The van der Waals surface area contributed by atoms with E-state index in [4.69, 9.17) is 0 Å². The maximum atomic E-state index is 11.9. The highest BCUT2D eigenvalue weighted by molar-refractivity contribution is 9.10. The average molecular weight is 321 g/mol. The highest BCUT2D eigenvalue weighted by Crippen LogP contribution is 2.17. The minimum absolute atomic E-state index is 0.0435. The van der Waals surface area contributed by atoms with Crippen molar-refractivity contribution in [1.29, 1.82) is 0 Å². The molecule has 3 nitrogen and oxygen atoms in total. The lowest BCUT2D eigenvalue weighted by molar-refractivity contribution is -0.121. The Morgan fingerprint density at radius 1 is 1.32 bits per heavy atom. The van der Waals surface area contributed by atoms with E-state index in [1.807, 2.05) is 43.5 Å². The first-order chi connectivity index (χ1) is 9.15. The van der Waals surface area contributed by atoms with E-state index in [9.17, 15) is 4.79 Å². The van der Waals surface area contributed by atoms with Gasteiger partial charge in [0.1, 0.15) is 0 Å². The van der Waals surface area contributed by atoms with Crippen molar-refractivity contribution >= 4 is 21.8 Å². The fourth-order valence-electron chi connectivity index (χ4n) is 2.02. The van der Waals surface area contributed by atoms with E-state index in [1.54, 1.807) is 0 Å². The Labute approximate surface area is 121 Å². The fourth-order valence-corrected chi connectivity index (χ4v) is 2.47. The van der Waals surface area contributed by atoms with Crippen molar-refractivity contribution in [2.45, 2.75) is 25.8 Å². The highest BCUT2D eigenvalue weighted by Gasteiger charge is 2.10.